The molecule has 0 fully saturated rings. The summed E-state index contributed by atoms with van der Waals surface area (Å²) in [6.07, 6.45) is 10.4. The molecule has 26 heavy (non-hydrogen) atoms. The van der Waals surface area contributed by atoms with Crippen molar-refractivity contribution < 1.29 is 4.79 Å². The van der Waals surface area contributed by atoms with Crippen LogP contribution in [-0.4, -0.2) is 32.0 Å². The molecule has 5 nitrogen and oxygen atoms in total. The first-order valence-corrected chi connectivity index (χ1v) is 10.0. The Morgan fingerprint density at radius 1 is 1.15 bits per heavy atom. The van der Waals surface area contributed by atoms with Crippen LogP contribution >= 0.6 is 11.8 Å². The molecule has 0 spiro atoms. The van der Waals surface area contributed by atoms with Gasteiger partial charge < -0.3 is 14.5 Å². The molecule has 0 saturated heterocycles. The van der Waals surface area contributed by atoms with E-state index in [4.69, 9.17) is 0 Å². The van der Waals surface area contributed by atoms with Gasteiger partial charge >= 0.3 is 0 Å². The SMILES string of the molecule is CSCC[C@H](C(=O)NC(c1ccccc1)c1nccn1C)n1cccc1. The van der Waals surface area contributed by atoms with Gasteiger partial charge in [0.1, 0.15) is 17.9 Å². The molecule has 1 N–H and O–H groups in total. The highest BCUT2D eigenvalue weighted by molar-refractivity contribution is 7.98. The molecule has 3 aromatic rings. The standard InChI is InChI=1S/C20H24N4OS/c1-23-14-11-21-19(23)18(16-8-4-3-5-9-16)22-20(25)17(10-15-26-2)24-12-6-7-13-24/h3-9,11-14,17-18H,10,15H2,1-2H3,(H,22,25)/t17-,18?/m1/s1. The van der Waals surface area contributed by atoms with Crippen LogP contribution < -0.4 is 5.32 Å². The molecule has 6 heteroatoms. The zero-order valence-electron chi connectivity index (χ0n) is 15.1. The number of benzene rings is 1. The maximum atomic E-state index is 13.2. The van der Waals surface area contributed by atoms with Gasteiger partial charge in [0.2, 0.25) is 5.91 Å². The van der Waals surface area contributed by atoms with E-state index >= 15 is 0 Å². The van der Waals surface area contributed by atoms with Gasteiger partial charge in [0.15, 0.2) is 0 Å². The van der Waals surface area contributed by atoms with Gasteiger partial charge in [-0.3, -0.25) is 4.79 Å². The summed E-state index contributed by atoms with van der Waals surface area (Å²) in [6.45, 7) is 0. The molecular formula is C20H24N4OS. The normalized spacial score (nSPS) is 13.3. The molecule has 2 aromatic heterocycles. The van der Waals surface area contributed by atoms with Crippen molar-refractivity contribution in [1.29, 1.82) is 0 Å². The molecule has 0 radical (unpaired) electrons. The van der Waals surface area contributed by atoms with Crippen LogP contribution in [0.3, 0.4) is 0 Å². The number of thioether (sulfide) groups is 1. The summed E-state index contributed by atoms with van der Waals surface area (Å²) in [7, 11) is 1.95. The number of imidazole rings is 1. The Hall–Kier alpha value is -2.47. The van der Waals surface area contributed by atoms with E-state index < -0.39 is 0 Å². The van der Waals surface area contributed by atoms with E-state index in [0.29, 0.717) is 0 Å². The summed E-state index contributed by atoms with van der Waals surface area (Å²) in [5.41, 5.74) is 1.02. The number of rotatable bonds is 8. The molecule has 1 aromatic carbocycles. The quantitative estimate of drug-likeness (QED) is 0.663. The molecule has 136 valence electrons. The third kappa shape index (κ3) is 4.19. The van der Waals surface area contributed by atoms with Crippen LogP contribution in [0.5, 0.6) is 0 Å². The summed E-state index contributed by atoms with van der Waals surface area (Å²) in [5, 5.41) is 3.22. The third-order valence-electron chi connectivity index (χ3n) is 4.42. The number of hydrogen-bond acceptors (Lipinski definition) is 3. The topological polar surface area (TPSA) is 51.9 Å². The van der Waals surface area contributed by atoms with Crippen molar-refractivity contribution in [2.45, 2.75) is 18.5 Å². The molecule has 0 saturated carbocycles. The fourth-order valence-electron chi connectivity index (χ4n) is 3.04. The van der Waals surface area contributed by atoms with E-state index in [1.165, 1.54) is 0 Å². The van der Waals surface area contributed by atoms with Crippen molar-refractivity contribution in [3.63, 3.8) is 0 Å². The Bertz CT molecular complexity index is 813. The molecule has 1 amide bonds. The number of aryl methyl sites for hydroxylation is 1. The van der Waals surface area contributed by atoms with Gasteiger partial charge in [-0.2, -0.15) is 11.8 Å². The molecule has 0 bridgehead atoms. The second-order valence-electron chi connectivity index (χ2n) is 6.18. The molecular weight excluding hydrogens is 344 g/mol. The Morgan fingerprint density at radius 3 is 2.50 bits per heavy atom. The fraction of sp³-hybridized carbons (Fsp3) is 0.300. The van der Waals surface area contributed by atoms with Gasteiger partial charge in [0.05, 0.1) is 0 Å². The van der Waals surface area contributed by atoms with Gasteiger partial charge in [-0.15, -0.1) is 0 Å². The number of amides is 1. The predicted molar refractivity (Wildman–Crippen MR) is 106 cm³/mol. The minimum Gasteiger partial charge on any atom is -0.342 e. The number of nitrogens with zero attached hydrogens (tertiary/aromatic N) is 3. The van der Waals surface area contributed by atoms with Crippen molar-refractivity contribution in [3.8, 4) is 0 Å². The minimum atomic E-state index is -0.281. The van der Waals surface area contributed by atoms with Gasteiger partial charge in [0.25, 0.3) is 0 Å². The van der Waals surface area contributed by atoms with Crippen molar-refractivity contribution in [3.05, 3.63) is 78.6 Å². The maximum absolute atomic E-state index is 13.2. The van der Waals surface area contributed by atoms with Crippen LogP contribution in [0.2, 0.25) is 0 Å². The summed E-state index contributed by atoms with van der Waals surface area (Å²) in [6, 6.07) is 13.4. The van der Waals surface area contributed by atoms with Gasteiger partial charge in [-0.05, 0) is 36.1 Å². The van der Waals surface area contributed by atoms with Crippen LogP contribution in [0, 0.1) is 0 Å². The van der Waals surface area contributed by atoms with Crippen molar-refractivity contribution in [2.24, 2.45) is 7.05 Å². The molecule has 3 rings (SSSR count). The Balaban J connectivity index is 1.88. The Kier molecular flexibility index (Phi) is 6.17. The van der Waals surface area contributed by atoms with Crippen molar-refractivity contribution in [1.82, 2.24) is 19.4 Å². The molecule has 2 heterocycles. The smallest absolute Gasteiger partial charge is 0.243 e. The van der Waals surface area contributed by atoms with Gasteiger partial charge in [0, 0.05) is 31.8 Å². The predicted octanol–water partition coefficient (Wildman–Crippen LogP) is 3.42. The van der Waals surface area contributed by atoms with E-state index in [1.807, 2.05) is 77.2 Å². The summed E-state index contributed by atoms with van der Waals surface area (Å²) >= 11 is 1.75. The fourth-order valence-corrected chi connectivity index (χ4v) is 3.50. The first-order chi connectivity index (χ1) is 12.7. The zero-order valence-corrected chi connectivity index (χ0v) is 15.9. The summed E-state index contributed by atoms with van der Waals surface area (Å²) in [5.74, 6) is 1.75. The van der Waals surface area contributed by atoms with Crippen LogP contribution in [0.4, 0.5) is 0 Å². The Labute approximate surface area is 158 Å². The first kappa shape index (κ1) is 18.3. The van der Waals surface area contributed by atoms with E-state index in [0.717, 1.165) is 23.6 Å². The van der Waals surface area contributed by atoms with E-state index in [2.05, 4.69) is 16.6 Å². The highest BCUT2D eigenvalue weighted by Crippen LogP contribution is 2.23. The van der Waals surface area contributed by atoms with E-state index in [9.17, 15) is 4.79 Å². The number of nitrogens with one attached hydrogen (secondary N) is 1. The average Bonchev–Trinajstić information content (AvgIpc) is 3.33. The lowest BCUT2D eigenvalue weighted by Gasteiger charge is -2.24. The lowest BCUT2D eigenvalue weighted by Crippen LogP contribution is -2.37. The van der Waals surface area contributed by atoms with Crippen LogP contribution in [0.15, 0.2) is 67.3 Å². The molecule has 1 unspecified atom stereocenters. The summed E-state index contributed by atoms with van der Waals surface area (Å²) < 4.78 is 3.93. The zero-order chi connectivity index (χ0) is 18.4. The van der Waals surface area contributed by atoms with Crippen molar-refractivity contribution in [2.75, 3.05) is 12.0 Å². The second-order valence-corrected chi connectivity index (χ2v) is 7.16. The second kappa shape index (κ2) is 8.76. The van der Waals surface area contributed by atoms with E-state index in [-0.39, 0.29) is 18.0 Å². The maximum Gasteiger partial charge on any atom is 0.243 e. The highest BCUT2D eigenvalue weighted by Gasteiger charge is 2.26. The van der Waals surface area contributed by atoms with Gasteiger partial charge in [-0.25, -0.2) is 4.98 Å². The average molecular weight is 369 g/mol. The number of carbonyl (C=O) groups is 1. The lowest BCUT2D eigenvalue weighted by molar-refractivity contribution is -0.125. The number of hydrogen-bond donors (Lipinski definition) is 1. The lowest BCUT2D eigenvalue weighted by atomic mass is 10.1. The van der Waals surface area contributed by atoms with Crippen LogP contribution in [0.1, 0.15) is 29.9 Å². The first-order valence-electron chi connectivity index (χ1n) is 8.64. The van der Waals surface area contributed by atoms with E-state index in [1.54, 1.807) is 18.0 Å². The van der Waals surface area contributed by atoms with Crippen LogP contribution in [-0.2, 0) is 11.8 Å². The largest absolute Gasteiger partial charge is 0.342 e. The third-order valence-corrected chi connectivity index (χ3v) is 5.07. The molecule has 0 aliphatic carbocycles. The molecule has 2 atom stereocenters. The highest BCUT2D eigenvalue weighted by atomic mass is 32.2. The summed E-state index contributed by atoms with van der Waals surface area (Å²) in [4.78, 5) is 17.6. The number of carbonyl (C=O) groups excluding carboxylic acids is 1. The molecule has 0 aliphatic heterocycles. The monoisotopic (exact) mass is 368 g/mol. The number of aromatic nitrogens is 3. The van der Waals surface area contributed by atoms with Crippen molar-refractivity contribution >= 4 is 17.7 Å². The minimum absolute atomic E-state index is 0.00658. The van der Waals surface area contributed by atoms with Crippen LogP contribution in [0.25, 0.3) is 0 Å². The van der Waals surface area contributed by atoms with Gasteiger partial charge in [-0.1, -0.05) is 30.3 Å². The molecule has 0 aliphatic rings. The Morgan fingerprint density at radius 2 is 1.88 bits per heavy atom.